The molecule has 0 radical (unpaired) electrons. The van der Waals surface area contributed by atoms with Crippen LogP contribution in [0.4, 0.5) is 11.4 Å². The number of nitrogens with zero attached hydrogens (tertiary/aromatic N) is 2. The molecular weight excluding hydrogens is 300 g/mol. The lowest BCUT2D eigenvalue weighted by atomic mass is 9.93. The van der Waals surface area contributed by atoms with Gasteiger partial charge < -0.3 is 9.80 Å². The van der Waals surface area contributed by atoms with Crippen LogP contribution in [0.25, 0.3) is 0 Å². The molecule has 0 amide bonds. The van der Waals surface area contributed by atoms with Gasteiger partial charge in [-0.1, -0.05) is 49.9 Å². The van der Waals surface area contributed by atoms with E-state index >= 15 is 0 Å². The SMILES string of the molecule is CC(C)C(C(C)N(C)C)N1c2ccccc2Sc2ccccc21. The van der Waals surface area contributed by atoms with Crippen LogP contribution in [-0.4, -0.2) is 31.1 Å². The van der Waals surface area contributed by atoms with Gasteiger partial charge in [0.1, 0.15) is 0 Å². The van der Waals surface area contributed by atoms with Crippen LogP contribution in [0.3, 0.4) is 0 Å². The van der Waals surface area contributed by atoms with Crippen LogP contribution in [0.1, 0.15) is 20.8 Å². The van der Waals surface area contributed by atoms with Crippen molar-refractivity contribution in [1.82, 2.24) is 4.90 Å². The molecule has 0 spiro atoms. The molecule has 0 saturated carbocycles. The van der Waals surface area contributed by atoms with Crippen molar-refractivity contribution in [3.05, 3.63) is 48.5 Å². The van der Waals surface area contributed by atoms with Crippen molar-refractivity contribution in [2.75, 3.05) is 19.0 Å². The molecule has 2 aromatic carbocycles. The average Bonchev–Trinajstić information content (AvgIpc) is 2.53. The van der Waals surface area contributed by atoms with Crippen molar-refractivity contribution in [1.29, 1.82) is 0 Å². The number of hydrogen-bond donors (Lipinski definition) is 0. The topological polar surface area (TPSA) is 6.48 Å². The van der Waals surface area contributed by atoms with Crippen molar-refractivity contribution in [2.24, 2.45) is 5.92 Å². The molecule has 3 heteroatoms. The van der Waals surface area contributed by atoms with Crippen LogP contribution >= 0.6 is 11.8 Å². The van der Waals surface area contributed by atoms with Crippen LogP contribution in [-0.2, 0) is 0 Å². The molecule has 2 nitrogen and oxygen atoms in total. The Morgan fingerprint density at radius 2 is 1.30 bits per heavy atom. The second kappa shape index (κ2) is 6.58. The summed E-state index contributed by atoms with van der Waals surface area (Å²) in [5, 5.41) is 0. The van der Waals surface area contributed by atoms with Crippen LogP contribution in [0.15, 0.2) is 58.3 Å². The van der Waals surface area contributed by atoms with Crippen molar-refractivity contribution >= 4 is 23.1 Å². The molecule has 2 unspecified atom stereocenters. The Balaban J connectivity index is 2.16. The van der Waals surface area contributed by atoms with E-state index in [-0.39, 0.29) is 0 Å². The highest BCUT2D eigenvalue weighted by Gasteiger charge is 2.34. The van der Waals surface area contributed by atoms with Gasteiger partial charge in [-0.25, -0.2) is 0 Å². The average molecular weight is 327 g/mol. The van der Waals surface area contributed by atoms with E-state index in [0.29, 0.717) is 18.0 Å². The zero-order chi connectivity index (χ0) is 16.6. The van der Waals surface area contributed by atoms with E-state index in [9.17, 15) is 0 Å². The van der Waals surface area contributed by atoms with Gasteiger partial charge in [0, 0.05) is 15.8 Å². The summed E-state index contributed by atoms with van der Waals surface area (Å²) in [6.07, 6.45) is 0. The number of fused-ring (bicyclic) bond motifs is 2. The van der Waals surface area contributed by atoms with Crippen molar-refractivity contribution in [2.45, 2.75) is 42.6 Å². The number of para-hydroxylation sites is 2. The summed E-state index contributed by atoms with van der Waals surface area (Å²) in [6.45, 7) is 6.99. The summed E-state index contributed by atoms with van der Waals surface area (Å²) in [6, 6.07) is 18.5. The molecule has 0 aliphatic carbocycles. The van der Waals surface area contributed by atoms with E-state index in [2.05, 4.69) is 93.2 Å². The van der Waals surface area contributed by atoms with E-state index in [1.807, 2.05) is 11.8 Å². The highest BCUT2D eigenvalue weighted by Crippen LogP contribution is 2.49. The van der Waals surface area contributed by atoms with Gasteiger partial charge in [-0.2, -0.15) is 0 Å². The predicted octanol–water partition coefficient (Wildman–Crippen LogP) is 5.26. The van der Waals surface area contributed by atoms with Crippen LogP contribution in [0, 0.1) is 5.92 Å². The smallest absolute Gasteiger partial charge is 0.0556 e. The summed E-state index contributed by atoms with van der Waals surface area (Å²) < 4.78 is 0. The molecule has 3 rings (SSSR count). The second-order valence-electron chi connectivity index (χ2n) is 6.85. The van der Waals surface area contributed by atoms with E-state index in [1.165, 1.54) is 21.2 Å². The Bertz CT molecular complexity index is 635. The first-order valence-electron chi connectivity index (χ1n) is 8.32. The Labute approximate surface area is 144 Å². The fourth-order valence-electron chi connectivity index (χ4n) is 3.43. The van der Waals surface area contributed by atoms with Gasteiger partial charge in [-0.3, -0.25) is 0 Å². The van der Waals surface area contributed by atoms with Gasteiger partial charge in [-0.05, 0) is 51.2 Å². The Morgan fingerprint density at radius 1 is 0.826 bits per heavy atom. The molecule has 2 aromatic rings. The summed E-state index contributed by atoms with van der Waals surface area (Å²) >= 11 is 1.88. The molecule has 0 aromatic heterocycles. The maximum Gasteiger partial charge on any atom is 0.0556 e. The third-order valence-electron chi connectivity index (χ3n) is 4.76. The maximum atomic E-state index is 2.57. The van der Waals surface area contributed by atoms with Crippen LogP contribution in [0.2, 0.25) is 0 Å². The van der Waals surface area contributed by atoms with E-state index in [0.717, 1.165) is 0 Å². The molecule has 122 valence electrons. The zero-order valence-corrected chi connectivity index (χ0v) is 15.5. The lowest BCUT2D eigenvalue weighted by Crippen LogP contribution is -2.50. The quantitative estimate of drug-likeness (QED) is 0.756. The molecule has 1 aliphatic rings. The first-order chi connectivity index (χ1) is 11.0. The third kappa shape index (κ3) is 3.00. The van der Waals surface area contributed by atoms with Crippen LogP contribution in [0.5, 0.6) is 0 Å². The van der Waals surface area contributed by atoms with Gasteiger partial charge in [-0.15, -0.1) is 0 Å². The Morgan fingerprint density at radius 3 is 1.74 bits per heavy atom. The summed E-state index contributed by atoms with van der Waals surface area (Å²) in [5.41, 5.74) is 2.67. The van der Waals surface area contributed by atoms with Gasteiger partial charge in [0.2, 0.25) is 0 Å². The fraction of sp³-hybridized carbons (Fsp3) is 0.400. The van der Waals surface area contributed by atoms with E-state index in [1.54, 1.807) is 0 Å². The molecule has 0 N–H and O–H groups in total. The van der Waals surface area contributed by atoms with Crippen molar-refractivity contribution < 1.29 is 0 Å². The molecule has 2 atom stereocenters. The lowest BCUT2D eigenvalue weighted by Gasteiger charge is -2.45. The predicted molar refractivity (Wildman–Crippen MR) is 101 cm³/mol. The van der Waals surface area contributed by atoms with Crippen molar-refractivity contribution in [3.8, 4) is 0 Å². The van der Waals surface area contributed by atoms with E-state index < -0.39 is 0 Å². The highest BCUT2D eigenvalue weighted by atomic mass is 32.2. The van der Waals surface area contributed by atoms with E-state index in [4.69, 9.17) is 0 Å². The summed E-state index contributed by atoms with van der Waals surface area (Å²) in [7, 11) is 4.35. The normalized spacial score (nSPS) is 16.2. The Kier molecular flexibility index (Phi) is 4.69. The standard InChI is InChI=1S/C20H26N2S/c1-14(2)20(15(3)21(4)5)22-16-10-6-8-12-18(16)23-19-13-9-7-11-17(19)22/h6-15,20H,1-5H3. The van der Waals surface area contributed by atoms with Gasteiger partial charge in [0.05, 0.1) is 17.4 Å². The molecule has 1 aliphatic heterocycles. The molecule has 0 saturated heterocycles. The molecule has 0 fully saturated rings. The van der Waals surface area contributed by atoms with Gasteiger partial charge in [0.15, 0.2) is 0 Å². The summed E-state index contributed by atoms with van der Waals surface area (Å²) in [5.74, 6) is 0.552. The minimum Gasteiger partial charge on any atom is -0.335 e. The maximum absolute atomic E-state index is 2.57. The van der Waals surface area contributed by atoms with Crippen LogP contribution < -0.4 is 4.90 Å². The number of benzene rings is 2. The summed E-state index contributed by atoms with van der Waals surface area (Å²) in [4.78, 5) is 7.60. The van der Waals surface area contributed by atoms with Gasteiger partial charge in [0.25, 0.3) is 0 Å². The lowest BCUT2D eigenvalue weighted by molar-refractivity contribution is 0.237. The third-order valence-corrected chi connectivity index (χ3v) is 5.89. The largest absolute Gasteiger partial charge is 0.335 e. The first kappa shape index (κ1) is 16.4. The monoisotopic (exact) mass is 326 g/mol. The number of likely N-dealkylation sites (N-methyl/N-ethyl adjacent to an activating group) is 1. The molecule has 1 heterocycles. The number of rotatable bonds is 4. The molecule has 0 bridgehead atoms. The Hall–Kier alpha value is -1.45. The first-order valence-corrected chi connectivity index (χ1v) is 9.14. The van der Waals surface area contributed by atoms with Crippen molar-refractivity contribution in [3.63, 3.8) is 0 Å². The zero-order valence-electron chi connectivity index (χ0n) is 14.7. The molecular formula is C20H26N2S. The molecule has 23 heavy (non-hydrogen) atoms. The van der Waals surface area contributed by atoms with Gasteiger partial charge >= 0.3 is 0 Å². The minimum absolute atomic E-state index is 0.424. The second-order valence-corrected chi connectivity index (χ2v) is 7.93. The highest BCUT2D eigenvalue weighted by molar-refractivity contribution is 7.99. The number of hydrogen-bond acceptors (Lipinski definition) is 3. The minimum atomic E-state index is 0.424. The fourth-order valence-corrected chi connectivity index (χ4v) is 4.50. The number of anilines is 2.